The van der Waals surface area contributed by atoms with E-state index < -0.39 is 5.97 Å². The molecular weight excluding hydrogens is 346 g/mol. The lowest BCUT2D eigenvalue weighted by Crippen LogP contribution is -2.15. The molecule has 2 heterocycles. The highest BCUT2D eigenvalue weighted by Gasteiger charge is 2.11. The molecule has 8 nitrogen and oxygen atoms in total. The van der Waals surface area contributed by atoms with Crippen LogP contribution >= 0.6 is 0 Å². The number of aromatic nitrogens is 4. The molecule has 0 aliphatic rings. The van der Waals surface area contributed by atoms with E-state index in [1.54, 1.807) is 0 Å². The van der Waals surface area contributed by atoms with Gasteiger partial charge in [0, 0.05) is 30.9 Å². The van der Waals surface area contributed by atoms with E-state index in [1.165, 1.54) is 22.5 Å². The summed E-state index contributed by atoms with van der Waals surface area (Å²) in [5.41, 5.74) is 3.24. The van der Waals surface area contributed by atoms with Crippen LogP contribution in [0.15, 0.2) is 42.6 Å². The fourth-order valence-corrected chi connectivity index (χ4v) is 2.74. The minimum atomic E-state index is -1.09. The third-order valence-electron chi connectivity index (χ3n) is 4.09. The van der Waals surface area contributed by atoms with E-state index >= 15 is 0 Å². The molecule has 0 radical (unpaired) electrons. The second kappa shape index (κ2) is 7.86. The second-order valence-corrected chi connectivity index (χ2v) is 6.39. The molecule has 3 rings (SSSR count). The number of carbonyl (C=O) groups excluding carboxylic acids is 1. The highest BCUT2D eigenvalue weighted by atomic mass is 16.4. The van der Waals surface area contributed by atoms with Crippen LogP contribution in [0.3, 0.4) is 0 Å². The highest BCUT2D eigenvalue weighted by molar-refractivity contribution is 5.89. The molecule has 0 fully saturated rings. The molecule has 1 amide bonds. The van der Waals surface area contributed by atoms with Crippen molar-refractivity contribution < 1.29 is 14.7 Å². The predicted molar refractivity (Wildman–Crippen MR) is 99.7 cm³/mol. The molecule has 0 bridgehead atoms. The molecule has 3 aromatic rings. The molecule has 1 aromatic carbocycles. The Hall–Kier alpha value is -3.42. The van der Waals surface area contributed by atoms with Crippen LogP contribution in [0.5, 0.6) is 0 Å². The second-order valence-electron chi connectivity index (χ2n) is 6.39. The molecule has 2 N–H and O–H groups in total. The van der Waals surface area contributed by atoms with Crippen LogP contribution in [0.25, 0.3) is 0 Å². The Bertz CT molecular complexity index is 973. The van der Waals surface area contributed by atoms with Gasteiger partial charge in [-0.25, -0.2) is 4.79 Å². The SMILES string of the molecule is Cc1cccc(Cn2nc(NC(=O)CCn3ccc(C(=O)O)n3)cc2C)c1. The third kappa shape index (κ3) is 4.81. The topological polar surface area (TPSA) is 102 Å². The Morgan fingerprint density at radius 2 is 1.96 bits per heavy atom. The maximum absolute atomic E-state index is 12.1. The van der Waals surface area contributed by atoms with Gasteiger partial charge < -0.3 is 10.4 Å². The summed E-state index contributed by atoms with van der Waals surface area (Å²) in [6, 6.07) is 11.4. The molecule has 2 aromatic heterocycles. The molecule has 0 saturated carbocycles. The van der Waals surface area contributed by atoms with Crippen LogP contribution in [-0.2, 0) is 17.9 Å². The summed E-state index contributed by atoms with van der Waals surface area (Å²) >= 11 is 0. The van der Waals surface area contributed by atoms with E-state index in [0.717, 1.165) is 11.3 Å². The predicted octanol–water partition coefficient (Wildman–Crippen LogP) is 2.47. The third-order valence-corrected chi connectivity index (χ3v) is 4.09. The average Bonchev–Trinajstić information content (AvgIpc) is 3.20. The zero-order valence-electron chi connectivity index (χ0n) is 15.2. The Kier molecular flexibility index (Phi) is 5.35. The van der Waals surface area contributed by atoms with Gasteiger partial charge in [-0.2, -0.15) is 10.2 Å². The first-order valence-electron chi connectivity index (χ1n) is 8.57. The van der Waals surface area contributed by atoms with Crippen LogP contribution in [0.1, 0.15) is 33.7 Å². The van der Waals surface area contributed by atoms with Crippen LogP contribution < -0.4 is 5.32 Å². The van der Waals surface area contributed by atoms with Gasteiger partial charge in [-0.15, -0.1) is 0 Å². The summed E-state index contributed by atoms with van der Waals surface area (Å²) in [7, 11) is 0. The van der Waals surface area contributed by atoms with Gasteiger partial charge in [-0.3, -0.25) is 14.2 Å². The monoisotopic (exact) mass is 367 g/mol. The molecule has 27 heavy (non-hydrogen) atoms. The fraction of sp³-hybridized carbons (Fsp3) is 0.263. The number of rotatable bonds is 7. The van der Waals surface area contributed by atoms with Gasteiger partial charge in [-0.1, -0.05) is 29.8 Å². The summed E-state index contributed by atoms with van der Waals surface area (Å²) in [5.74, 6) is -0.799. The minimum absolute atomic E-state index is 0.0408. The first-order valence-corrected chi connectivity index (χ1v) is 8.57. The Labute approximate surface area is 156 Å². The zero-order chi connectivity index (χ0) is 19.4. The number of hydrogen-bond acceptors (Lipinski definition) is 4. The standard InChI is InChI=1S/C19H21N5O3/c1-13-4-3-5-15(10-13)12-24-14(2)11-17(22-24)20-18(25)7-9-23-8-6-16(21-23)19(26)27/h3-6,8,10-11H,7,9,12H2,1-2H3,(H,26,27)(H,20,22,25). The quantitative estimate of drug-likeness (QED) is 0.668. The molecule has 0 saturated heterocycles. The summed E-state index contributed by atoms with van der Waals surface area (Å²) < 4.78 is 3.28. The summed E-state index contributed by atoms with van der Waals surface area (Å²) in [5, 5.41) is 19.9. The number of anilines is 1. The number of carboxylic acids is 1. The maximum atomic E-state index is 12.1. The molecule has 0 aliphatic heterocycles. The van der Waals surface area contributed by atoms with Gasteiger partial charge >= 0.3 is 5.97 Å². The lowest BCUT2D eigenvalue weighted by molar-refractivity contribution is -0.116. The van der Waals surface area contributed by atoms with Gasteiger partial charge in [0.2, 0.25) is 5.91 Å². The van der Waals surface area contributed by atoms with Crippen molar-refractivity contribution >= 4 is 17.7 Å². The fourth-order valence-electron chi connectivity index (χ4n) is 2.74. The summed E-state index contributed by atoms with van der Waals surface area (Å²) in [6.07, 6.45) is 1.71. The molecule has 0 spiro atoms. The largest absolute Gasteiger partial charge is 0.476 e. The number of hydrogen-bond donors (Lipinski definition) is 2. The van der Waals surface area contributed by atoms with Gasteiger partial charge in [0.25, 0.3) is 0 Å². The van der Waals surface area contributed by atoms with E-state index in [9.17, 15) is 9.59 Å². The molecule has 140 valence electrons. The summed E-state index contributed by atoms with van der Waals surface area (Å²) in [4.78, 5) is 22.9. The number of nitrogens with one attached hydrogen (secondary N) is 1. The summed E-state index contributed by atoms with van der Waals surface area (Å²) in [6.45, 7) is 4.91. The Balaban J connectivity index is 1.57. The van der Waals surface area contributed by atoms with E-state index in [4.69, 9.17) is 5.11 Å². The lowest BCUT2D eigenvalue weighted by Gasteiger charge is -2.05. The smallest absolute Gasteiger partial charge is 0.356 e. The number of aryl methyl sites for hydroxylation is 3. The first-order chi connectivity index (χ1) is 12.9. The zero-order valence-corrected chi connectivity index (χ0v) is 15.2. The van der Waals surface area contributed by atoms with Crippen molar-refractivity contribution in [3.05, 3.63) is 65.1 Å². The number of benzene rings is 1. The van der Waals surface area contributed by atoms with Crippen LogP contribution in [0, 0.1) is 13.8 Å². The molecule has 0 unspecified atom stereocenters. The van der Waals surface area contributed by atoms with Crippen LogP contribution in [0.4, 0.5) is 5.82 Å². The molecular formula is C19H21N5O3. The van der Waals surface area contributed by atoms with Gasteiger partial charge in [0.15, 0.2) is 11.5 Å². The molecule has 0 atom stereocenters. The normalized spacial score (nSPS) is 10.7. The first kappa shape index (κ1) is 18.4. The van der Waals surface area contributed by atoms with Crippen LogP contribution in [0.2, 0.25) is 0 Å². The van der Waals surface area contributed by atoms with Crippen molar-refractivity contribution in [2.45, 2.75) is 33.4 Å². The maximum Gasteiger partial charge on any atom is 0.356 e. The van der Waals surface area contributed by atoms with E-state index in [-0.39, 0.29) is 18.0 Å². The number of nitrogens with zero attached hydrogens (tertiary/aromatic N) is 4. The van der Waals surface area contributed by atoms with E-state index in [2.05, 4.69) is 21.6 Å². The van der Waals surface area contributed by atoms with Crippen molar-refractivity contribution in [3.63, 3.8) is 0 Å². The minimum Gasteiger partial charge on any atom is -0.476 e. The number of carboxylic acid groups (broad SMARTS) is 1. The molecule has 8 heteroatoms. The number of amides is 1. The van der Waals surface area contributed by atoms with E-state index in [1.807, 2.05) is 42.8 Å². The van der Waals surface area contributed by atoms with Gasteiger partial charge in [0.05, 0.1) is 6.54 Å². The average molecular weight is 367 g/mol. The molecule has 0 aliphatic carbocycles. The van der Waals surface area contributed by atoms with Crippen molar-refractivity contribution in [2.24, 2.45) is 0 Å². The highest BCUT2D eigenvalue weighted by Crippen LogP contribution is 2.13. The van der Waals surface area contributed by atoms with Crippen molar-refractivity contribution in [2.75, 3.05) is 5.32 Å². The van der Waals surface area contributed by atoms with Crippen molar-refractivity contribution in [1.29, 1.82) is 0 Å². The Morgan fingerprint density at radius 3 is 2.67 bits per heavy atom. The van der Waals surface area contributed by atoms with Gasteiger partial charge in [-0.05, 0) is 25.5 Å². The Morgan fingerprint density at radius 1 is 1.15 bits per heavy atom. The van der Waals surface area contributed by atoms with Crippen LogP contribution in [-0.4, -0.2) is 36.5 Å². The number of aromatic carboxylic acids is 1. The van der Waals surface area contributed by atoms with Crippen molar-refractivity contribution in [1.82, 2.24) is 19.6 Å². The van der Waals surface area contributed by atoms with Crippen molar-refractivity contribution in [3.8, 4) is 0 Å². The number of carbonyl (C=O) groups is 2. The van der Waals surface area contributed by atoms with Gasteiger partial charge in [0.1, 0.15) is 0 Å². The lowest BCUT2D eigenvalue weighted by atomic mass is 10.1. The van der Waals surface area contributed by atoms with E-state index in [0.29, 0.717) is 18.9 Å².